The first-order valence-corrected chi connectivity index (χ1v) is 7.79. The SMILES string of the molecule is COc1cccc(C(=O)Nc2ccc(NCc3ccncc3)cn2)c1. The van der Waals surface area contributed by atoms with E-state index in [2.05, 4.69) is 20.6 Å². The molecule has 1 amide bonds. The van der Waals surface area contributed by atoms with Gasteiger partial charge in [0, 0.05) is 24.5 Å². The van der Waals surface area contributed by atoms with E-state index in [1.165, 1.54) is 0 Å². The fourth-order valence-corrected chi connectivity index (χ4v) is 2.23. The van der Waals surface area contributed by atoms with Crippen molar-refractivity contribution in [2.24, 2.45) is 0 Å². The Morgan fingerprint density at radius 1 is 1.12 bits per heavy atom. The maximum Gasteiger partial charge on any atom is 0.256 e. The Labute approximate surface area is 145 Å². The van der Waals surface area contributed by atoms with Crippen molar-refractivity contribution in [2.45, 2.75) is 6.54 Å². The van der Waals surface area contributed by atoms with Crippen LogP contribution in [0.15, 0.2) is 67.1 Å². The minimum atomic E-state index is -0.233. The molecule has 6 nitrogen and oxygen atoms in total. The lowest BCUT2D eigenvalue weighted by Crippen LogP contribution is -2.13. The number of amides is 1. The van der Waals surface area contributed by atoms with Crippen molar-refractivity contribution in [3.8, 4) is 5.75 Å². The van der Waals surface area contributed by atoms with Crippen LogP contribution in [0, 0.1) is 0 Å². The van der Waals surface area contributed by atoms with Gasteiger partial charge in [0.15, 0.2) is 0 Å². The van der Waals surface area contributed by atoms with Gasteiger partial charge in [0.05, 0.1) is 19.0 Å². The maximum absolute atomic E-state index is 12.2. The number of hydrogen-bond acceptors (Lipinski definition) is 5. The number of hydrogen-bond donors (Lipinski definition) is 2. The summed E-state index contributed by atoms with van der Waals surface area (Å²) in [7, 11) is 1.57. The minimum Gasteiger partial charge on any atom is -0.497 e. The molecule has 126 valence electrons. The molecule has 0 saturated carbocycles. The zero-order chi connectivity index (χ0) is 17.5. The summed E-state index contributed by atoms with van der Waals surface area (Å²) >= 11 is 0. The second-order valence-electron chi connectivity index (χ2n) is 5.33. The number of pyridine rings is 2. The highest BCUT2D eigenvalue weighted by molar-refractivity contribution is 6.04. The lowest BCUT2D eigenvalue weighted by atomic mass is 10.2. The molecule has 25 heavy (non-hydrogen) atoms. The monoisotopic (exact) mass is 334 g/mol. The van der Waals surface area contributed by atoms with Gasteiger partial charge in [0.25, 0.3) is 5.91 Å². The predicted molar refractivity (Wildman–Crippen MR) is 96.7 cm³/mol. The van der Waals surface area contributed by atoms with Crippen molar-refractivity contribution in [2.75, 3.05) is 17.7 Å². The highest BCUT2D eigenvalue weighted by Crippen LogP contribution is 2.15. The molecular formula is C19H18N4O2. The highest BCUT2D eigenvalue weighted by atomic mass is 16.5. The zero-order valence-electron chi connectivity index (χ0n) is 13.8. The number of carbonyl (C=O) groups excluding carboxylic acids is 1. The molecule has 0 aliphatic heterocycles. The maximum atomic E-state index is 12.2. The molecule has 0 aliphatic carbocycles. The number of methoxy groups -OCH3 is 1. The molecule has 0 atom stereocenters. The number of nitrogens with one attached hydrogen (secondary N) is 2. The molecule has 0 saturated heterocycles. The second-order valence-corrected chi connectivity index (χ2v) is 5.33. The molecular weight excluding hydrogens is 316 g/mol. The Morgan fingerprint density at radius 3 is 2.68 bits per heavy atom. The summed E-state index contributed by atoms with van der Waals surface area (Å²) in [6, 6.07) is 14.5. The Bertz CT molecular complexity index is 836. The number of nitrogens with zero attached hydrogens (tertiary/aromatic N) is 2. The molecule has 2 N–H and O–H groups in total. The third kappa shape index (κ3) is 4.54. The van der Waals surface area contributed by atoms with Crippen LogP contribution >= 0.6 is 0 Å². The summed E-state index contributed by atoms with van der Waals surface area (Å²) in [5.41, 5.74) is 2.52. The van der Waals surface area contributed by atoms with Gasteiger partial charge in [-0.05, 0) is 48.0 Å². The summed E-state index contributed by atoms with van der Waals surface area (Å²) in [4.78, 5) is 20.5. The van der Waals surface area contributed by atoms with Crippen molar-refractivity contribution < 1.29 is 9.53 Å². The summed E-state index contributed by atoms with van der Waals surface area (Å²) in [6.45, 7) is 0.680. The van der Waals surface area contributed by atoms with Crippen LogP contribution in [-0.4, -0.2) is 23.0 Å². The summed E-state index contributed by atoms with van der Waals surface area (Å²) in [5, 5.41) is 6.04. The minimum absolute atomic E-state index is 0.233. The van der Waals surface area contributed by atoms with Crippen LogP contribution in [0.4, 0.5) is 11.5 Å². The van der Waals surface area contributed by atoms with Gasteiger partial charge in [-0.2, -0.15) is 0 Å². The molecule has 3 rings (SSSR count). The van der Waals surface area contributed by atoms with E-state index in [0.717, 1.165) is 11.3 Å². The van der Waals surface area contributed by atoms with Gasteiger partial charge in [-0.3, -0.25) is 9.78 Å². The number of benzene rings is 1. The van der Waals surface area contributed by atoms with Gasteiger partial charge in [-0.25, -0.2) is 4.98 Å². The summed E-state index contributed by atoms with van der Waals surface area (Å²) < 4.78 is 5.13. The van der Waals surface area contributed by atoms with Crippen LogP contribution in [-0.2, 0) is 6.54 Å². The highest BCUT2D eigenvalue weighted by Gasteiger charge is 2.07. The van der Waals surface area contributed by atoms with Gasteiger partial charge in [-0.15, -0.1) is 0 Å². The van der Waals surface area contributed by atoms with E-state index in [9.17, 15) is 4.79 Å². The average molecular weight is 334 g/mol. The summed E-state index contributed by atoms with van der Waals surface area (Å²) in [5.74, 6) is 0.891. The van der Waals surface area contributed by atoms with E-state index >= 15 is 0 Å². The molecule has 0 aliphatic rings. The topological polar surface area (TPSA) is 76.1 Å². The Hall–Kier alpha value is -3.41. The molecule has 2 heterocycles. The number of aromatic nitrogens is 2. The van der Waals surface area contributed by atoms with Crippen LogP contribution in [0.5, 0.6) is 5.75 Å². The Morgan fingerprint density at radius 2 is 1.96 bits per heavy atom. The van der Waals surface area contributed by atoms with Crippen molar-refractivity contribution in [1.82, 2.24) is 9.97 Å². The van der Waals surface area contributed by atoms with Gasteiger partial charge in [0.1, 0.15) is 11.6 Å². The first-order valence-electron chi connectivity index (χ1n) is 7.79. The van der Waals surface area contributed by atoms with Gasteiger partial charge in [0.2, 0.25) is 0 Å². The molecule has 0 fully saturated rings. The fourth-order valence-electron chi connectivity index (χ4n) is 2.23. The fraction of sp³-hybridized carbons (Fsp3) is 0.105. The molecule has 2 aromatic heterocycles. The predicted octanol–water partition coefficient (Wildman–Crippen LogP) is 3.35. The van der Waals surface area contributed by atoms with E-state index in [4.69, 9.17) is 4.74 Å². The molecule has 0 unspecified atom stereocenters. The van der Waals surface area contributed by atoms with E-state index in [1.54, 1.807) is 56.0 Å². The van der Waals surface area contributed by atoms with Crippen LogP contribution in [0.2, 0.25) is 0 Å². The largest absolute Gasteiger partial charge is 0.497 e. The second kappa shape index (κ2) is 7.92. The van der Waals surface area contributed by atoms with Crippen LogP contribution < -0.4 is 15.4 Å². The van der Waals surface area contributed by atoms with Crippen LogP contribution in [0.1, 0.15) is 15.9 Å². The third-order valence-corrected chi connectivity index (χ3v) is 3.58. The van der Waals surface area contributed by atoms with Gasteiger partial charge < -0.3 is 15.4 Å². The van der Waals surface area contributed by atoms with E-state index in [1.807, 2.05) is 18.2 Å². The first-order chi connectivity index (χ1) is 12.2. The molecule has 6 heteroatoms. The van der Waals surface area contributed by atoms with Crippen molar-refractivity contribution in [3.63, 3.8) is 0 Å². The zero-order valence-corrected chi connectivity index (χ0v) is 13.8. The van der Waals surface area contributed by atoms with Gasteiger partial charge >= 0.3 is 0 Å². The van der Waals surface area contributed by atoms with E-state index < -0.39 is 0 Å². The summed E-state index contributed by atoms with van der Waals surface area (Å²) in [6.07, 6.45) is 5.20. The normalized spacial score (nSPS) is 10.1. The lowest BCUT2D eigenvalue weighted by Gasteiger charge is -2.08. The first kappa shape index (κ1) is 16.4. The van der Waals surface area contributed by atoms with Crippen molar-refractivity contribution >= 4 is 17.4 Å². The number of carbonyl (C=O) groups is 1. The number of rotatable bonds is 6. The average Bonchev–Trinajstić information content (AvgIpc) is 2.68. The Kier molecular flexibility index (Phi) is 5.21. The number of ether oxygens (including phenoxy) is 1. The van der Waals surface area contributed by atoms with E-state index in [0.29, 0.717) is 23.7 Å². The standard InChI is InChI=1S/C19H18N4O2/c1-25-17-4-2-3-15(11-17)19(24)23-18-6-5-16(13-22-18)21-12-14-7-9-20-10-8-14/h2-11,13,21H,12H2,1H3,(H,22,23,24). The van der Waals surface area contributed by atoms with Crippen LogP contribution in [0.3, 0.4) is 0 Å². The molecule has 3 aromatic rings. The molecule has 0 spiro atoms. The van der Waals surface area contributed by atoms with Crippen LogP contribution in [0.25, 0.3) is 0 Å². The van der Waals surface area contributed by atoms with Crippen molar-refractivity contribution in [1.29, 1.82) is 0 Å². The molecule has 1 aromatic carbocycles. The molecule has 0 radical (unpaired) electrons. The van der Waals surface area contributed by atoms with Crippen molar-refractivity contribution in [3.05, 3.63) is 78.2 Å². The molecule has 0 bridgehead atoms. The smallest absolute Gasteiger partial charge is 0.256 e. The third-order valence-electron chi connectivity index (χ3n) is 3.58. The van der Waals surface area contributed by atoms with Gasteiger partial charge in [-0.1, -0.05) is 6.07 Å². The quantitative estimate of drug-likeness (QED) is 0.723. The number of anilines is 2. The Balaban J connectivity index is 1.59. The van der Waals surface area contributed by atoms with E-state index in [-0.39, 0.29) is 5.91 Å². The lowest BCUT2D eigenvalue weighted by molar-refractivity contribution is 0.102.